The lowest BCUT2D eigenvalue weighted by molar-refractivity contribution is 0.170. The van der Waals surface area contributed by atoms with Crippen LogP contribution in [-0.2, 0) is 11.2 Å². The van der Waals surface area contributed by atoms with Gasteiger partial charge in [0, 0.05) is 31.2 Å². The Hall–Kier alpha value is 0.100. The van der Waals surface area contributed by atoms with Crippen molar-refractivity contribution < 1.29 is 4.74 Å². The minimum atomic E-state index is 0.543. The number of halogens is 1. The smallest absolute Gasteiger partial charge is 0.0704 e. The second-order valence-corrected chi connectivity index (χ2v) is 8.51. The minimum absolute atomic E-state index is 0.543. The molecule has 1 N–H and O–H groups in total. The molecule has 2 nitrogen and oxygen atoms in total. The van der Waals surface area contributed by atoms with Gasteiger partial charge in [-0.15, -0.1) is 11.3 Å². The SMILES string of the molecule is COCCC1(CNC2CCCc3sc(Br)cc32)CC1. The van der Waals surface area contributed by atoms with E-state index >= 15 is 0 Å². The fourth-order valence-corrected chi connectivity index (χ4v) is 4.90. The predicted molar refractivity (Wildman–Crippen MR) is 83.9 cm³/mol. The van der Waals surface area contributed by atoms with Crippen molar-refractivity contribution in [2.24, 2.45) is 5.41 Å². The molecule has 1 unspecified atom stereocenters. The number of aryl methyl sites for hydroxylation is 1. The van der Waals surface area contributed by atoms with Gasteiger partial charge < -0.3 is 10.1 Å². The van der Waals surface area contributed by atoms with Crippen molar-refractivity contribution in [3.63, 3.8) is 0 Å². The molecule has 1 aromatic rings. The zero-order valence-corrected chi connectivity index (χ0v) is 13.9. The summed E-state index contributed by atoms with van der Waals surface area (Å²) >= 11 is 5.54. The quantitative estimate of drug-likeness (QED) is 0.831. The van der Waals surface area contributed by atoms with Gasteiger partial charge in [-0.3, -0.25) is 0 Å². The average molecular weight is 344 g/mol. The van der Waals surface area contributed by atoms with E-state index in [0.29, 0.717) is 11.5 Å². The summed E-state index contributed by atoms with van der Waals surface area (Å²) in [6.45, 7) is 2.07. The van der Waals surface area contributed by atoms with E-state index in [2.05, 4.69) is 27.3 Å². The molecule has 3 rings (SSSR count). The highest BCUT2D eigenvalue weighted by atomic mass is 79.9. The van der Waals surface area contributed by atoms with Gasteiger partial charge >= 0.3 is 0 Å². The number of ether oxygens (including phenoxy) is 1. The van der Waals surface area contributed by atoms with Gasteiger partial charge in [0.1, 0.15) is 0 Å². The Labute approximate surface area is 128 Å². The van der Waals surface area contributed by atoms with Crippen LogP contribution in [0.15, 0.2) is 9.85 Å². The lowest BCUT2D eigenvalue weighted by atomic mass is 9.93. The third kappa shape index (κ3) is 3.23. The highest BCUT2D eigenvalue weighted by Gasteiger charge is 2.42. The minimum Gasteiger partial charge on any atom is -0.385 e. The number of rotatable bonds is 6. The monoisotopic (exact) mass is 343 g/mol. The summed E-state index contributed by atoms with van der Waals surface area (Å²) in [4.78, 5) is 1.58. The molecule has 1 atom stereocenters. The summed E-state index contributed by atoms with van der Waals surface area (Å²) in [5.74, 6) is 0. The van der Waals surface area contributed by atoms with Crippen molar-refractivity contribution in [2.45, 2.75) is 44.6 Å². The van der Waals surface area contributed by atoms with E-state index in [4.69, 9.17) is 4.74 Å². The number of thiophene rings is 1. The van der Waals surface area contributed by atoms with Crippen molar-refractivity contribution in [2.75, 3.05) is 20.3 Å². The maximum atomic E-state index is 5.24. The fraction of sp³-hybridized carbons (Fsp3) is 0.733. The zero-order chi connectivity index (χ0) is 13.3. The first-order valence-electron chi connectivity index (χ1n) is 7.23. The van der Waals surface area contributed by atoms with Crippen LogP contribution >= 0.6 is 27.3 Å². The van der Waals surface area contributed by atoms with Gasteiger partial charge in [-0.1, -0.05) is 0 Å². The Morgan fingerprint density at radius 3 is 3.11 bits per heavy atom. The maximum absolute atomic E-state index is 5.24. The van der Waals surface area contributed by atoms with Gasteiger partial charge in [-0.05, 0) is 71.5 Å². The normalized spacial score (nSPS) is 24.2. The Balaban J connectivity index is 1.59. The van der Waals surface area contributed by atoms with E-state index in [9.17, 15) is 0 Å². The highest BCUT2D eigenvalue weighted by Crippen LogP contribution is 2.49. The number of hydrogen-bond donors (Lipinski definition) is 1. The Kier molecular flexibility index (Phi) is 4.32. The van der Waals surface area contributed by atoms with E-state index in [1.54, 1.807) is 17.6 Å². The van der Waals surface area contributed by atoms with Crippen LogP contribution in [0, 0.1) is 5.41 Å². The van der Waals surface area contributed by atoms with Crippen molar-refractivity contribution in [1.29, 1.82) is 0 Å². The first-order valence-corrected chi connectivity index (χ1v) is 8.84. The van der Waals surface area contributed by atoms with Crippen LogP contribution in [0.1, 0.15) is 48.6 Å². The third-order valence-electron chi connectivity index (χ3n) is 4.60. The van der Waals surface area contributed by atoms with Crippen LogP contribution in [0.25, 0.3) is 0 Å². The van der Waals surface area contributed by atoms with E-state index in [1.165, 1.54) is 42.3 Å². The van der Waals surface area contributed by atoms with Gasteiger partial charge in [0.25, 0.3) is 0 Å². The van der Waals surface area contributed by atoms with E-state index in [0.717, 1.165) is 13.2 Å². The second-order valence-electron chi connectivity index (χ2n) is 6.00. The third-order valence-corrected chi connectivity index (χ3v) is 6.31. The Morgan fingerprint density at radius 1 is 1.53 bits per heavy atom. The molecule has 1 heterocycles. The molecule has 4 heteroatoms. The van der Waals surface area contributed by atoms with Gasteiger partial charge in [0.2, 0.25) is 0 Å². The van der Waals surface area contributed by atoms with Gasteiger partial charge in [0.05, 0.1) is 3.79 Å². The molecule has 2 aliphatic carbocycles. The van der Waals surface area contributed by atoms with Crippen LogP contribution in [0.2, 0.25) is 0 Å². The van der Waals surface area contributed by atoms with Crippen molar-refractivity contribution in [3.05, 3.63) is 20.3 Å². The standard InChI is InChI=1S/C15H22BrNOS/c1-18-8-7-15(5-6-15)10-17-12-3-2-4-13-11(12)9-14(16)19-13/h9,12,17H,2-8,10H2,1H3. The number of fused-ring (bicyclic) bond motifs is 1. The van der Waals surface area contributed by atoms with Crippen molar-refractivity contribution >= 4 is 27.3 Å². The van der Waals surface area contributed by atoms with Crippen LogP contribution in [0.4, 0.5) is 0 Å². The molecule has 1 saturated carbocycles. The Morgan fingerprint density at radius 2 is 2.37 bits per heavy atom. The lowest BCUT2D eigenvalue weighted by Crippen LogP contribution is -2.30. The molecule has 106 valence electrons. The van der Waals surface area contributed by atoms with Gasteiger partial charge in [0.15, 0.2) is 0 Å². The van der Waals surface area contributed by atoms with E-state index in [1.807, 2.05) is 11.3 Å². The van der Waals surface area contributed by atoms with Gasteiger partial charge in [-0.25, -0.2) is 0 Å². The number of methoxy groups -OCH3 is 1. The fourth-order valence-electron chi connectivity index (χ4n) is 3.08. The highest BCUT2D eigenvalue weighted by molar-refractivity contribution is 9.11. The molecule has 0 spiro atoms. The molecule has 0 radical (unpaired) electrons. The van der Waals surface area contributed by atoms with Crippen molar-refractivity contribution in [1.82, 2.24) is 5.32 Å². The summed E-state index contributed by atoms with van der Waals surface area (Å²) in [7, 11) is 1.81. The first kappa shape index (κ1) is 14.1. The molecule has 0 aromatic carbocycles. The molecule has 19 heavy (non-hydrogen) atoms. The van der Waals surface area contributed by atoms with E-state index in [-0.39, 0.29) is 0 Å². The largest absolute Gasteiger partial charge is 0.385 e. The molecule has 0 bridgehead atoms. The molecular weight excluding hydrogens is 322 g/mol. The van der Waals surface area contributed by atoms with Gasteiger partial charge in [-0.2, -0.15) is 0 Å². The Bertz CT molecular complexity index is 441. The lowest BCUT2D eigenvalue weighted by Gasteiger charge is -2.26. The summed E-state index contributed by atoms with van der Waals surface area (Å²) in [5, 5.41) is 3.83. The summed E-state index contributed by atoms with van der Waals surface area (Å²) in [6.07, 6.45) is 7.83. The molecule has 1 aromatic heterocycles. The van der Waals surface area contributed by atoms with Crippen LogP contribution in [0.3, 0.4) is 0 Å². The summed E-state index contributed by atoms with van der Waals surface area (Å²) < 4.78 is 6.52. The summed E-state index contributed by atoms with van der Waals surface area (Å²) in [6, 6.07) is 2.90. The number of hydrogen-bond acceptors (Lipinski definition) is 3. The molecule has 0 saturated heterocycles. The predicted octanol–water partition coefficient (Wildman–Crippen LogP) is 4.29. The van der Waals surface area contributed by atoms with Crippen LogP contribution < -0.4 is 5.32 Å². The number of nitrogens with one attached hydrogen (secondary N) is 1. The zero-order valence-electron chi connectivity index (χ0n) is 11.5. The topological polar surface area (TPSA) is 21.3 Å². The second kappa shape index (κ2) is 5.84. The summed E-state index contributed by atoms with van der Waals surface area (Å²) in [5.41, 5.74) is 2.09. The molecule has 0 amide bonds. The van der Waals surface area contributed by atoms with Crippen molar-refractivity contribution in [3.8, 4) is 0 Å². The first-order chi connectivity index (χ1) is 9.22. The average Bonchev–Trinajstić information content (AvgIpc) is 3.07. The molecule has 2 aliphatic rings. The van der Waals surface area contributed by atoms with Crippen LogP contribution in [0.5, 0.6) is 0 Å². The van der Waals surface area contributed by atoms with E-state index < -0.39 is 0 Å². The molecule has 1 fully saturated rings. The maximum Gasteiger partial charge on any atom is 0.0704 e. The molecular formula is C15H22BrNOS. The molecule has 0 aliphatic heterocycles. The van der Waals surface area contributed by atoms with Crippen LogP contribution in [-0.4, -0.2) is 20.3 Å².